The zero-order valence-corrected chi connectivity index (χ0v) is 26.4. The topological polar surface area (TPSA) is 21.1 Å². The number of aromatic nitrogens is 2. The Morgan fingerprint density at radius 3 is 1.57 bits per heavy atom. The molecule has 4 heteroatoms. The van der Waals surface area contributed by atoms with Gasteiger partial charge in [-0.15, -0.1) is 0 Å². The van der Waals surface area contributed by atoms with Crippen LogP contribution in [0, 0.1) is 0 Å². The van der Waals surface area contributed by atoms with E-state index in [9.17, 15) is 0 Å². The summed E-state index contributed by atoms with van der Waals surface area (Å²) in [7, 11) is 2.24. The first kappa shape index (κ1) is 29.3. The fourth-order valence-electron chi connectivity index (χ4n) is 6.42. The van der Waals surface area contributed by atoms with Crippen LogP contribution in [0.2, 0.25) is 0 Å². The minimum absolute atomic E-state index is 0.0314. The molecule has 0 N–H and O–H groups in total. The Kier molecular flexibility index (Phi) is 8.52. The summed E-state index contributed by atoms with van der Waals surface area (Å²) in [4.78, 5) is 7.89. The molecule has 0 spiro atoms. The van der Waals surface area contributed by atoms with Gasteiger partial charge in [-0.05, 0) is 53.2 Å². The fraction of sp³-hybridized carbons (Fsp3) is 0.175. The second-order valence-corrected chi connectivity index (χ2v) is 12.1. The van der Waals surface area contributed by atoms with Crippen molar-refractivity contribution in [3.63, 3.8) is 0 Å². The van der Waals surface area contributed by atoms with Crippen molar-refractivity contribution in [2.24, 2.45) is 0 Å². The molecule has 0 unspecified atom stereocenters. The molecule has 2 heterocycles. The van der Waals surface area contributed by atoms with Gasteiger partial charge in [0.1, 0.15) is 5.82 Å². The summed E-state index contributed by atoms with van der Waals surface area (Å²) in [6, 6.07) is 49.0. The third kappa shape index (κ3) is 5.49. The number of anilines is 1. The number of fused-ring (bicyclic) bond motifs is 3. The number of imidazole rings is 1. The quantitative estimate of drug-likeness (QED) is 0.192. The molecule has 0 saturated carbocycles. The SMILES string of the molecule is CC(C)c1cccc(C(C)C)c1B1N(C)c2ccccc2-c2nc(-c3ccccc3)c(-c3ccccc3)n21.c1ccccc1. The first-order chi connectivity index (χ1) is 21.5. The normalized spacial score (nSPS) is 12.1. The van der Waals surface area contributed by atoms with Crippen molar-refractivity contribution in [3.8, 4) is 33.9 Å². The Morgan fingerprint density at radius 2 is 1.02 bits per heavy atom. The van der Waals surface area contributed by atoms with E-state index in [-0.39, 0.29) is 6.98 Å². The molecule has 1 aliphatic heterocycles. The van der Waals surface area contributed by atoms with Crippen LogP contribution in [-0.2, 0) is 0 Å². The third-order valence-electron chi connectivity index (χ3n) is 8.48. The van der Waals surface area contributed by atoms with Crippen molar-refractivity contribution in [1.29, 1.82) is 0 Å². The highest BCUT2D eigenvalue weighted by Crippen LogP contribution is 2.43. The van der Waals surface area contributed by atoms with Gasteiger partial charge in [0.05, 0.1) is 11.4 Å². The van der Waals surface area contributed by atoms with E-state index in [1.165, 1.54) is 33.4 Å². The van der Waals surface area contributed by atoms with Gasteiger partial charge >= 0.3 is 6.98 Å². The highest BCUT2D eigenvalue weighted by atomic mass is 15.2. The Morgan fingerprint density at radius 1 is 0.545 bits per heavy atom. The average Bonchev–Trinajstić information content (AvgIpc) is 3.47. The van der Waals surface area contributed by atoms with E-state index in [4.69, 9.17) is 4.98 Å². The fourth-order valence-corrected chi connectivity index (χ4v) is 6.42. The molecule has 0 bridgehead atoms. The van der Waals surface area contributed by atoms with Crippen LogP contribution >= 0.6 is 0 Å². The van der Waals surface area contributed by atoms with Gasteiger partial charge in [-0.1, -0.05) is 155 Å². The van der Waals surface area contributed by atoms with E-state index in [0.29, 0.717) is 11.8 Å². The maximum absolute atomic E-state index is 5.43. The van der Waals surface area contributed by atoms with Crippen LogP contribution in [0.15, 0.2) is 140 Å². The van der Waals surface area contributed by atoms with E-state index in [0.717, 1.165) is 22.8 Å². The molecule has 0 amide bonds. The summed E-state index contributed by atoms with van der Waals surface area (Å²) in [6.07, 6.45) is 0. The summed E-state index contributed by atoms with van der Waals surface area (Å²) < 4.78 is 2.51. The lowest BCUT2D eigenvalue weighted by atomic mass is 9.58. The summed E-state index contributed by atoms with van der Waals surface area (Å²) >= 11 is 0. The van der Waals surface area contributed by atoms with Crippen LogP contribution in [0.5, 0.6) is 0 Å². The van der Waals surface area contributed by atoms with Crippen molar-refractivity contribution in [1.82, 2.24) is 9.46 Å². The largest absolute Gasteiger partial charge is 0.417 e. The number of nitrogens with zero attached hydrogens (tertiary/aromatic N) is 3. The number of hydrogen-bond donors (Lipinski definition) is 0. The zero-order chi connectivity index (χ0) is 30.6. The van der Waals surface area contributed by atoms with Crippen LogP contribution in [0.1, 0.15) is 50.7 Å². The number of hydrogen-bond acceptors (Lipinski definition) is 2. The van der Waals surface area contributed by atoms with Gasteiger partial charge < -0.3 is 9.29 Å². The number of para-hydroxylation sites is 1. The Bertz CT molecular complexity index is 1770. The first-order valence-corrected chi connectivity index (χ1v) is 15.6. The molecule has 1 aromatic heterocycles. The molecule has 5 aromatic carbocycles. The van der Waals surface area contributed by atoms with E-state index in [2.05, 4.69) is 147 Å². The number of rotatable bonds is 5. The van der Waals surface area contributed by atoms with Gasteiger partial charge in [0.15, 0.2) is 0 Å². The Balaban J connectivity index is 0.000000513. The summed E-state index contributed by atoms with van der Waals surface area (Å²) in [6.45, 7) is 9.20. The molecule has 1 aliphatic rings. The monoisotopic (exact) mass is 573 g/mol. The summed E-state index contributed by atoms with van der Waals surface area (Å²) in [5.74, 6) is 1.82. The van der Waals surface area contributed by atoms with Crippen molar-refractivity contribution in [3.05, 3.63) is 151 Å². The maximum atomic E-state index is 5.43. The van der Waals surface area contributed by atoms with Crippen LogP contribution < -0.4 is 10.3 Å². The van der Waals surface area contributed by atoms with Gasteiger partial charge in [-0.2, -0.15) is 0 Å². The molecule has 0 saturated heterocycles. The molecule has 44 heavy (non-hydrogen) atoms. The van der Waals surface area contributed by atoms with Crippen LogP contribution in [0.3, 0.4) is 0 Å². The first-order valence-electron chi connectivity index (χ1n) is 15.6. The van der Waals surface area contributed by atoms with Crippen molar-refractivity contribution in [2.75, 3.05) is 11.9 Å². The minimum Gasteiger partial charge on any atom is -0.394 e. The lowest BCUT2D eigenvalue weighted by molar-refractivity contribution is 0.842. The standard InChI is InChI=1S/C34H34BN3.C6H6/c1-23(2)27-20-14-21-28(24(3)4)31(27)35-37(5)30-22-13-12-19-29(30)34-36-32(25-15-8-6-9-16-25)33(38(34)35)26-17-10-7-11-18-26;1-2-4-6-5-3-1/h6-24H,1-5H3;1-6H. The highest BCUT2D eigenvalue weighted by Gasteiger charge is 2.41. The highest BCUT2D eigenvalue weighted by molar-refractivity contribution is 6.77. The van der Waals surface area contributed by atoms with E-state index < -0.39 is 0 Å². The molecule has 0 radical (unpaired) electrons. The Hall–Kier alpha value is -4.83. The molecule has 3 nitrogen and oxygen atoms in total. The minimum atomic E-state index is -0.0314. The molecule has 0 fully saturated rings. The van der Waals surface area contributed by atoms with Crippen molar-refractivity contribution in [2.45, 2.75) is 39.5 Å². The smallest absolute Gasteiger partial charge is 0.394 e. The van der Waals surface area contributed by atoms with E-state index in [1.54, 1.807) is 0 Å². The van der Waals surface area contributed by atoms with Crippen LogP contribution in [-0.4, -0.2) is 23.5 Å². The molecular formula is C40H40BN3. The van der Waals surface area contributed by atoms with Crippen molar-refractivity contribution < 1.29 is 0 Å². The Labute approximate surface area is 263 Å². The molecule has 7 rings (SSSR count). The van der Waals surface area contributed by atoms with Crippen LogP contribution in [0.25, 0.3) is 33.9 Å². The van der Waals surface area contributed by atoms with E-state index >= 15 is 0 Å². The van der Waals surface area contributed by atoms with Gasteiger partial charge in [0.25, 0.3) is 0 Å². The molecule has 218 valence electrons. The summed E-state index contributed by atoms with van der Waals surface area (Å²) in [5, 5.41) is 0. The van der Waals surface area contributed by atoms with E-state index in [1.807, 2.05) is 36.4 Å². The zero-order valence-electron chi connectivity index (χ0n) is 26.4. The van der Waals surface area contributed by atoms with Gasteiger partial charge in [-0.3, -0.25) is 0 Å². The summed E-state index contributed by atoms with van der Waals surface area (Å²) in [5.41, 5.74) is 11.1. The molecular weight excluding hydrogens is 533 g/mol. The second kappa shape index (κ2) is 12.8. The molecule has 0 atom stereocenters. The average molecular weight is 574 g/mol. The van der Waals surface area contributed by atoms with Gasteiger partial charge in [0.2, 0.25) is 0 Å². The third-order valence-corrected chi connectivity index (χ3v) is 8.48. The second-order valence-electron chi connectivity index (χ2n) is 12.1. The number of benzene rings is 5. The van der Waals surface area contributed by atoms with Gasteiger partial charge in [0, 0.05) is 16.8 Å². The van der Waals surface area contributed by atoms with Crippen LogP contribution in [0.4, 0.5) is 5.69 Å². The predicted octanol–water partition coefficient (Wildman–Crippen LogP) is 9.51. The maximum Gasteiger partial charge on any atom is 0.417 e. The molecule has 0 aliphatic carbocycles. The molecule has 6 aromatic rings. The lowest BCUT2D eigenvalue weighted by Gasteiger charge is -2.38. The van der Waals surface area contributed by atoms with Crippen molar-refractivity contribution >= 4 is 18.1 Å². The predicted molar refractivity (Wildman–Crippen MR) is 189 cm³/mol. The lowest BCUT2D eigenvalue weighted by Crippen LogP contribution is -2.57. The van der Waals surface area contributed by atoms with Gasteiger partial charge in [-0.25, -0.2) is 4.98 Å².